The Morgan fingerprint density at radius 1 is 1.25 bits per heavy atom. The van der Waals surface area contributed by atoms with E-state index in [1.807, 2.05) is 31.5 Å². The number of piperidine rings is 1. The molecule has 0 aliphatic carbocycles. The van der Waals surface area contributed by atoms with Crippen molar-refractivity contribution in [3.8, 4) is 0 Å². The van der Waals surface area contributed by atoms with Crippen molar-refractivity contribution in [1.82, 2.24) is 14.2 Å². The molecule has 7 heteroatoms. The third-order valence-corrected chi connectivity index (χ3v) is 7.27. The summed E-state index contributed by atoms with van der Waals surface area (Å²) in [7, 11) is -1.31. The SMILES string of the molecule is CCCS(=O)(=O)N1CCC(N2CC(OC)C2c2ccncc2)CC1. The summed E-state index contributed by atoms with van der Waals surface area (Å²) in [6.07, 6.45) is 6.29. The van der Waals surface area contributed by atoms with Gasteiger partial charge in [-0.1, -0.05) is 6.92 Å². The number of hydrogen-bond donors (Lipinski definition) is 0. The highest BCUT2D eigenvalue weighted by Gasteiger charge is 2.44. The Kier molecular flexibility index (Phi) is 5.54. The fourth-order valence-corrected chi connectivity index (χ4v) is 5.42. The van der Waals surface area contributed by atoms with Crippen LogP contribution < -0.4 is 0 Å². The summed E-state index contributed by atoms with van der Waals surface area (Å²) in [4.78, 5) is 6.56. The van der Waals surface area contributed by atoms with Crippen molar-refractivity contribution in [2.24, 2.45) is 0 Å². The van der Waals surface area contributed by atoms with E-state index in [0.29, 0.717) is 25.6 Å². The van der Waals surface area contributed by atoms with Gasteiger partial charge in [-0.15, -0.1) is 0 Å². The quantitative estimate of drug-likeness (QED) is 0.778. The van der Waals surface area contributed by atoms with Gasteiger partial charge in [0.1, 0.15) is 0 Å². The normalized spacial score (nSPS) is 27.1. The van der Waals surface area contributed by atoms with Gasteiger partial charge >= 0.3 is 0 Å². The van der Waals surface area contributed by atoms with Crippen LogP contribution in [0.2, 0.25) is 0 Å². The summed E-state index contributed by atoms with van der Waals surface area (Å²) in [5.74, 6) is 0.257. The molecule has 2 saturated heterocycles. The van der Waals surface area contributed by atoms with Crippen LogP contribution in [0.3, 0.4) is 0 Å². The Labute approximate surface area is 144 Å². The summed E-state index contributed by atoms with van der Waals surface area (Å²) in [6, 6.07) is 4.76. The van der Waals surface area contributed by atoms with Gasteiger partial charge in [-0.25, -0.2) is 12.7 Å². The summed E-state index contributed by atoms with van der Waals surface area (Å²) < 4.78 is 31.7. The molecule has 0 N–H and O–H groups in total. The van der Waals surface area contributed by atoms with Gasteiger partial charge in [0, 0.05) is 45.2 Å². The smallest absolute Gasteiger partial charge is 0.214 e. The van der Waals surface area contributed by atoms with Gasteiger partial charge in [0.2, 0.25) is 10.0 Å². The molecule has 0 aromatic carbocycles. The fraction of sp³-hybridized carbons (Fsp3) is 0.706. The van der Waals surface area contributed by atoms with Crippen molar-refractivity contribution in [3.05, 3.63) is 30.1 Å². The Hall–Kier alpha value is -1.02. The van der Waals surface area contributed by atoms with Gasteiger partial charge in [0.15, 0.2) is 0 Å². The number of rotatable bonds is 6. The number of hydrogen-bond acceptors (Lipinski definition) is 5. The fourth-order valence-electron chi connectivity index (χ4n) is 3.88. The first-order valence-corrected chi connectivity index (χ1v) is 10.3. The highest BCUT2D eigenvalue weighted by molar-refractivity contribution is 7.89. The lowest BCUT2D eigenvalue weighted by Gasteiger charge is -2.52. The van der Waals surface area contributed by atoms with Crippen molar-refractivity contribution in [2.75, 3.05) is 32.5 Å². The lowest BCUT2D eigenvalue weighted by atomic mass is 9.87. The van der Waals surface area contributed by atoms with Crippen LogP contribution in [-0.4, -0.2) is 67.2 Å². The van der Waals surface area contributed by atoms with E-state index in [2.05, 4.69) is 9.88 Å². The monoisotopic (exact) mass is 353 g/mol. The summed E-state index contributed by atoms with van der Waals surface area (Å²) in [5.41, 5.74) is 1.23. The van der Waals surface area contributed by atoms with Crippen LogP contribution in [-0.2, 0) is 14.8 Å². The highest BCUT2D eigenvalue weighted by atomic mass is 32.2. The molecular weight excluding hydrogens is 326 g/mol. The molecule has 0 radical (unpaired) electrons. The van der Waals surface area contributed by atoms with E-state index in [4.69, 9.17) is 4.74 Å². The van der Waals surface area contributed by atoms with Gasteiger partial charge in [0.05, 0.1) is 17.9 Å². The van der Waals surface area contributed by atoms with Crippen molar-refractivity contribution < 1.29 is 13.2 Å². The second-order valence-corrected chi connectivity index (χ2v) is 8.73. The van der Waals surface area contributed by atoms with E-state index in [9.17, 15) is 8.42 Å². The third-order valence-electron chi connectivity index (χ3n) is 5.20. The van der Waals surface area contributed by atoms with E-state index < -0.39 is 10.0 Å². The van der Waals surface area contributed by atoms with Crippen LogP contribution in [0.5, 0.6) is 0 Å². The largest absolute Gasteiger partial charge is 0.378 e. The minimum absolute atomic E-state index is 0.203. The predicted octanol–water partition coefficient (Wildman–Crippen LogP) is 1.66. The third kappa shape index (κ3) is 3.49. The first-order chi connectivity index (χ1) is 11.6. The van der Waals surface area contributed by atoms with E-state index >= 15 is 0 Å². The molecule has 2 unspecified atom stereocenters. The number of methoxy groups -OCH3 is 1. The van der Waals surface area contributed by atoms with E-state index in [-0.39, 0.29) is 17.9 Å². The average molecular weight is 353 g/mol. The van der Waals surface area contributed by atoms with Gasteiger partial charge in [-0.05, 0) is 37.0 Å². The molecule has 2 aliphatic rings. The molecule has 0 spiro atoms. The Balaban J connectivity index is 1.64. The summed E-state index contributed by atoms with van der Waals surface area (Å²) in [6.45, 7) is 4.08. The minimum atomic E-state index is -3.07. The lowest BCUT2D eigenvalue weighted by Crippen LogP contribution is -2.60. The molecule has 2 atom stereocenters. The maximum absolute atomic E-state index is 12.2. The number of sulfonamides is 1. The van der Waals surface area contributed by atoms with Crippen LogP contribution in [0, 0.1) is 0 Å². The molecular formula is C17H27N3O3S. The molecule has 24 heavy (non-hydrogen) atoms. The Bertz CT molecular complexity index is 630. The number of likely N-dealkylation sites (tertiary alicyclic amines) is 1. The zero-order chi connectivity index (χ0) is 17.2. The molecule has 134 valence electrons. The molecule has 0 bridgehead atoms. The highest BCUT2D eigenvalue weighted by Crippen LogP contribution is 2.39. The standard InChI is InChI=1S/C17H27N3O3S/c1-3-12-24(21,22)19-10-6-15(7-11-19)20-13-16(23-2)17(20)14-4-8-18-9-5-14/h4-5,8-9,15-17H,3,6-7,10-13H2,1-2H3. The van der Waals surface area contributed by atoms with Crippen LogP contribution in [0.1, 0.15) is 37.8 Å². The maximum atomic E-state index is 12.2. The van der Waals surface area contributed by atoms with Crippen molar-refractivity contribution in [1.29, 1.82) is 0 Å². The van der Waals surface area contributed by atoms with E-state index in [1.165, 1.54) is 5.56 Å². The zero-order valence-corrected chi connectivity index (χ0v) is 15.3. The average Bonchev–Trinajstić information content (AvgIpc) is 2.56. The number of nitrogens with zero attached hydrogens (tertiary/aromatic N) is 3. The minimum Gasteiger partial charge on any atom is -0.378 e. The number of pyridine rings is 1. The Morgan fingerprint density at radius 2 is 1.92 bits per heavy atom. The van der Waals surface area contributed by atoms with Crippen molar-refractivity contribution >= 4 is 10.0 Å². The summed E-state index contributed by atoms with van der Waals surface area (Å²) >= 11 is 0. The van der Waals surface area contributed by atoms with Crippen LogP contribution in [0.25, 0.3) is 0 Å². The molecule has 1 aromatic rings. The second kappa shape index (κ2) is 7.47. The second-order valence-electron chi connectivity index (χ2n) is 6.64. The van der Waals surface area contributed by atoms with E-state index in [1.54, 1.807) is 11.4 Å². The molecule has 2 aliphatic heterocycles. The first kappa shape index (κ1) is 17.8. The molecule has 3 rings (SSSR count). The molecule has 2 fully saturated rings. The Morgan fingerprint density at radius 3 is 2.50 bits per heavy atom. The lowest BCUT2D eigenvalue weighted by molar-refractivity contribution is -0.114. The predicted molar refractivity (Wildman–Crippen MR) is 93.2 cm³/mol. The van der Waals surface area contributed by atoms with Gasteiger partial charge in [0.25, 0.3) is 0 Å². The van der Waals surface area contributed by atoms with Crippen LogP contribution >= 0.6 is 0 Å². The van der Waals surface area contributed by atoms with Gasteiger partial charge in [-0.3, -0.25) is 9.88 Å². The molecule has 1 aromatic heterocycles. The van der Waals surface area contributed by atoms with Crippen LogP contribution in [0.15, 0.2) is 24.5 Å². The van der Waals surface area contributed by atoms with Gasteiger partial charge in [-0.2, -0.15) is 0 Å². The first-order valence-electron chi connectivity index (χ1n) is 8.73. The molecule has 3 heterocycles. The molecule has 0 amide bonds. The topological polar surface area (TPSA) is 62.7 Å². The molecule has 6 nitrogen and oxygen atoms in total. The van der Waals surface area contributed by atoms with Crippen molar-refractivity contribution in [2.45, 2.75) is 44.4 Å². The van der Waals surface area contributed by atoms with Crippen molar-refractivity contribution in [3.63, 3.8) is 0 Å². The van der Waals surface area contributed by atoms with Gasteiger partial charge < -0.3 is 4.74 Å². The summed E-state index contributed by atoms with van der Waals surface area (Å²) in [5, 5.41) is 0. The number of aromatic nitrogens is 1. The van der Waals surface area contributed by atoms with E-state index in [0.717, 1.165) is 19.4 Å². The zero-order valence-electron chi connectivity index (χ0n) is 14.5. The number of ether oxygens (including phenoxy) is 1. The maximum Gasteiger partial charge on any atom is 0.214 e. The van der Waals surface area contributed by atoms with Crippen LogP contribution in [0.4, 0.5) is 0 Å². The molecule has 0 saturated carbocycles.